The molecule has 0 bridgehead atoms. The molecule has 2 heterocycles. The highest BCUT2D eigenvalue weighted by molar-refractivity contribution is 5.66. The number of aromatic nitrogens is 2. The van der Waals surface area contributed by atoms with Gasteiger partial charge in [0.15, 0.2) is 0 Å². The smallest absolute Gasteiger partial charge is 0.330 e. The highest BCUT2D eigenvalue weighted by atomic mass is 16.6. The van der Waals surface area contributed by atoms with Crippen LogP contribution in [0.1, 0.15) is 56.9 Å². The Labute approximate surface area is 169 Å². The van der Waals surface area contributed by atoms with E-state index in [-0.39, 0.29) is 17.6 Å². The summed E-state index contributed by atoms with van der Waals surface area (Å²) in [5.41, 5.74) is 0.925. The van der Waals surface area contributed by atoms with Gasteiger partial charge in [0.05, 0.1) is 6.10 Å². The highest BCUT2D eigenvalue weighted by Gasteiger charge is 2.38. The molecule has 3 atom stereocenters. The van der Waals surface area contributed by atoms with Crippen LogP contribution in [0.15, 0.2) is 46.1 Å². The minimum Gasteiger partial charge on any atom is -0.460 e. The molecule has 1 aliphatic rings. The standard InChI is InChI=1S/C22H28N2O5/c1-3-17-14-24(22(27)23-21(17)26)20-13-19(28-15(2)25)18(29-20)12-8-7-11-16-9-5-4-6-10-16/h4-6,9-10,14,18-20H,3,7-8,11-13H2,1-2H3,(H,23,26,27)/t18-,19?,20-/m0/s1. The quantitative estimate of drug-likeness (QED) is 0.544. The Morgan fingerprint density at radius 3 is 2.69 bits per heavy atom. The van der Waals surface area contributed by atoms with Crippen LogP contribution in [0.5, 0.6) is 0 Å². The van der Waals surface area contributed by atoms with Gasteiger partial charge in [-0.2, -0.15) is 0 Å². The maximum Gasteiger partial charge on any atom is 0.330 e. The first-order chi connectivity index (χ1) is 14.0. The largest absolute Gasteiger partial charge is 0.460 e. The van der Waals surface area contributed by atoms with Crippen molar-refractivity contribution in [2.45, 2.75) is 70.8 Å². The van der Waals surface area contributed by atoms with Crippen molar-refractivity contribution in [3.8, 4) is 0 Å². The van der Waals surface area contributed by atoms with Gasteiger partial charge in [0.2, 0.25) is 0 Å². The number of esters is 1. The molecule has 0 radical (unpaired) electrons. The topological polar surface area (TPSA) is 90.4 Å². The van der Waals surface area contributed by atoms with Gasteiger partial charge in [-0.1, -0.05) is 43.7 Å². The van der Waals surface area contributed by atoms with Gasteiger partial charge in [-0.25, -0.2) is 4.79 Å². The summed E-state index contributed by atoms with van der Waals surface area (Å²) < 4.78 is 13.0. The van der Waals surface area contributed by atoms with Gasteiger partial charge in [-0.3, -0.25) is 19.1 Å². The fourth-order valence-corrected chi connectivity index (χ4v) is 3.78. The normalized spacial score (nSPS) is 21.2. The van der Waals surface area contributed by atoms with Crippen molar-refractivity contribution in [1.82, 2.24) is 9.55 Å². The van der Waals surface area contributed by atoms with E-state index in [0.717, 1.165) is 25.7 Å². The molecule has 1 aromatic carbocycles. The zero-order valence-electron chi connectivity index (χ0n) is 16.9. The maximum absolute atomic E-state index is 12.3. The van der Waals surface area contributed by atoms with E-state index in [1.165, 1.54) is 17.1 Å². The number of ether oxygens (including phenoxy) is 2. The zero-order chi connectivity index (χ0) is 20.8. The molecule has 1 aromatic heterocycles. The minimum absolute atomic E-state index is 0.274. The maximum atomic E-state index is 12.3. The molecule has 7 heteroatoms. The number of aromatic amines is 1. The molecule has 0 spiro atoms. The number of aryl methyl sites for hydroxylation is 2. The number of carbonyl (C=O) groups excluding carboxylic acids is 1. The van der Waals surface area contributed by atoms with Crippen LogP contribution in [0.4, 0.5) is 0 Å². The van der Waals surface area contributed by atoms with E-state index in [0.29, 0.717) is 18.4 Å². The molecular formula is C22H28N2O5. The van der Waals surface area contributed by atoms with Gasteiger partial charge in [0.1, 0.15) is 12.3 Å². The van der Waals surface area contributed by atoms with Gasteiger partial charge in [0, 0.05) is 25.1 Å². The number of hydrogen-bond donors (Lipinski definition) is 1. The van der Waals surface area contributed by atoms with Crippen molar-refractivity contribution in [1.29, 1.82) is 0 Å². The third-order valence-electron chi connectivity index (χ3n) is 5.28. The van der Waals surface area contributed by atoms with Gasteiger partial charge in [-0.15, -0.1) is 0 Å². The van der Waals surface area contributed by atoms with E-state index in [4.69, 9.17) is 9.47 Å². The molecule has 29 heavy (non-hydrogen) atoms. The lowest BCUT2D eigenvalue weighted by Crippen LogP contribution is -2.34. The number of unbranched alkanes of at least 4 members (excludes halogenated alkanes) is 1. The lowest BCUT2D eigenvalue weighted by atomic mass is 10.0. The third-order valence-corrected chi connectivity index (χ3v) is 5.28. The van der Waals surface area contributed by atoms with Crippen molar-refractivity contribution in [3.63, 3.8) is 0 Å². The number of nitrogens with one attached hydrogen (secondary N) is 1. The molecule has 1 unspecified atom stereocenters. The molecule has 1 aliphatic heterocycles. The molecule has 0 aliphatic carbocycles. The fraction of sp³-hybridized carbons (Fsp3) is 0.500. The first kappa shape index (κ1) is 21.0. The molecule has 156 valence electrons. The molecular weight excluding hydrogens is 372 g/mol. The van der Waals surface area contributed by atoms with Crippen molar-refractivity contribution < 1.29 is 14.3 Å². The predicted molar refractivity (Wildman–Crippen MR) is 109 cm³/mol. The van der Waals surface area contributed by atoms with E-state index in [9.17, 15) is 14.4 Å². The summed E-state index contributed by atoms with van der Waals surface area (Å²) in [6.07, 6.45) is 4.85. The minimum atomic E-state index is -0.562. The van der Waals surface area contributed by atoms with Crippen LogP contribution in [0.3, 0.4) is 0 Å². The Morgan fingerprint density at radius 2 is 2.00 bits per heavy atom. The van der Waals surface area contributed by atoms with Crippen LogP contribution in [-0.4, -0.2) is 27.7 Å². The summed E-state index contributed by atoms with van der Waals surface area (Å²) in [4.78, 5) is 38.0. The molecule has 2 aromatic rings. The van der Waals surface area contributed by atoms with Crippen molar-refractivity contribution in [2.24, 2.45) is 0 Å². The van der Waals surface area contributed by atoms with E-state index in [2.05, 4.69) is 17.1 Å². The molecule has 1 fully saturated rings. The van der Waals surface area contributed by atoms with E-state index in [1.54, 1.807) is 6.20 Å². The monoisotopic (exact) mass is 400 g/mol. The molecule has 3 rings (SSSR count). The van der Waals surface area contributed by atoms with Gasteiger partial charge < -0.3 is 9.47 Å². The number of nitrogens with zero attached hydrogens (tertiary/aromatic N) is 1. The van der Waals surface area contributed by atoms with Crippen LogP contribution in [0.2, 0.25) is 0 Å². The molecule has 0 amide bonds. The van der Waals surface area contributed by atoms with Crippen molar-refractivity contribution in [2.75, 3.05) is 0 Å². The van der Waals surface area contributed by atoms with Crippen LogP contribution >= 0.6 is 0 Å². The second-order valence-corrected chi connectivity index (χ2v) is 7.42. The summed E-state index contributed by atoms with van der Waals surface area (Å²) in [6.45, 7) is 3.23. The van der Waals surface area contributed by atoms with E-state index in [1.807, 2.05) is 25.1 Å². The van der Waals surface area contributed by atoms with Crippen molar-refractivity contribution in [3.05, 3.63) is 68.5 Å². The van der Waals surface area contributed by atoms with Crippen LogP contribution in [0, 0.1) is 0 Å². The predicted octanol–water partition coefficient (Wildman–Crippen LogP) is 2.73. The van der Waals surface area contributed by atoms with Crippen LogP contribution in [-0.2, 0) is 27.1 Å². The Bertz CT molecular complexity index is 934. The molecule has 1 N–H and O–H groups in total. The summed E-state index contributed by atoms with van der Waals surface area (Å²) >= 11 is 0. The van der Waals surface area contributed by atoms with E-state index >= 15 is 0 Å². The summed E-state index contributed by atoms with van der Waals surface area (Å²) in [6, 6.07) is 10.3. The van der Waals surface area contributed by atoms with E-state index < -0.39 is 18.0 Å². The fourth-order valence-electron chi connectivity index (χ4n) is 3.78. The number of rotatable bonds is 8. The number of hydrogen-bond acceptors (Lipinski definition) is 5. The number of carbonyl (C=O) groups is 1. The number of benzene rings is 1. The van der Waals surface area contributed by atoms with Crippen LogP contribution < -0.4 is 11.2 Å². The molecule has 0 saturated carbocycles. The third kappa shape index (κ3) is 5.44. The average molecular weight is 400 g/mol. The Balaban J connectivity index is 1.66. The number of H-pyrrole nitrogens is 1. The SMILES string of the molecule is CCc1cn([C@@H]2CC(OC(C)=O)[C@H](CCCCc3ccccc3)O2)c(=O)[nH]c1=O. The highest BCUT2D eigenvalue weighted by Crippen LogP contribution is 2.32. The zero-order valence-corrected chi connectivity index (χ0v) is 16.9. The molecule has 1 saturated heterocycles. The Morgan fingerprint density at radius 1 is 1.24 bits per heavy atom. The summed E-state index contributed by atoms with van der Waals surface area (Å²) in [5.74, 6) is -0.364. The Kier molecular flexibility index (Phi) is 7.04. The van der Waals surface area contributed by atoms with Gasteiger partial charge >= 0.3 is 11.7 Å². The van der Waals surface area contributed by atoms with Gasteiger partial charge in [0.25, 0.3) is 5.56 Å². The first-order valence-electron chi connectivity index (χ1n) is 10.2. The lowest BCUT2D eigenvalue weighted by Gasteiger charge is -2.18. The summed E-state index contributed by atoms with van der Waals surface area (Å²) in [7, 11) is 0. The van der Waals surface area contributed by atoms with Gasteiger partial charge in [-0.05, 0) is 31.2 Å². The molecule has 7 nitrogen and oxygen atoms in total. The van der Waals surface area contributed by atoms with Crippen molar-refractivity contribution >= 4 is 5.97 Å². The van der Waals surface area contributed by atoms with Crippen LogP contribution in [0.25, 0.3) is 0 Å². The second kappa shape index (κ2) is 9.69. The average Bonchev–Trinajstić information content (AvgIpc) is 3.08. The Hall–Kier alpha value is -2.67. The second-order valence-electron chi connectivity index (χ2n) is 7.42. The lowest BCUT2D eigenvalue weighted by molar-refractivity contribution is -0.149. The summed E-state index contributed by atoms with van der Waals surface area (Å²) in [5, 5.41) is 0. The first-order valence-corrected chi connectivity index (χ1v) is 10.2.